The van der Waals surface area contributed by atoms with Crippen LogP contribution in [0.15, 0.2) is 24.5 Å². The molecule has 1 aromatic rings. The minimum atomic E-state index is -2.15. The quantitative estimate of drug-likeness (QED) is 0.121. The van der Waals surface area contributed by atoms with Gasteiger partial charge >= 0.3 is 5.97 Å². The summed E-state index contributed by atoms with van der Waals surface area (Å²) in [6.07, 6.45) is -55.6. The number of nitrogens with zero attached hydrogens (tertiary/aromatic N) is 1. The summed E-state index contributed by atoms with van der Waals surface area (Å²) >= 11 is 0. The number of aliphatic hydroxyl groups excluding tert-OH is 18. The molecule has 75 heavy (non-hydrogen) atoms. The number of ether oxygens (including phenoxy) is 12. The lowest BCUT2D eigenvalue weighted by Crippen LogP contribution is -2.69. The SMILES string of the molecule is O=C(O)c1cccnc1.OC[C@H]1O[C@@H]2O[C@H]3[C@H](O)[C@@H](O)[C@@H](O[C@H]4[C@H](O)[C@@H](O)[C@@H](O[C@H]5[C@H](O)[C@@H](O)[C@@H](O[C@H]6[C@H](O)[C@@H](O)[C@@H](O[C@H]7[C@H](O)[C@@H](O)[C@@H](O[C@H]1[C@H](O)[C@H]2O)O[C@@H]7CO)O[C@@H]6CO)O[C@@H]5CO)O[C@@H]4CO)O[C@@H]3CO. The highest BCUT2D eigenvalue weighted by Crippen LogP contribution is 2.38. The van der Waals surface area contributed by atoms with Crippen LogP contribution in [0.1, 0.15) is 10.4 Å². The van der Waals surface area contributed by atoms with Crippen molar-refractivity contribution < 1.29 is 159 Å². The molecule has 0 unspecified atom stereocenters. The highest BCUT2D eigenvalue weighted by molar-refractivity contribution is 5.86. The lowest BCUT2D eigenvalue weighted by atomic mass is 9.94. The number of carbonyl (C=O) groups is 1. The van der Waals surface area contributed by atoms with Gasteiger partial charge in [-0.1, -0.05) is 0 Å². The van der Waals surface area contributed by atoms with Crippen LogP contribution in [0.2, 0.25) is 0 Å². The van der Waals surface area contributed by atoms with Gasteiger partial charge in [-0.25, -0.2) is 4.79 Å². The number of hydrogen-bond donors (Lipinski definition) is 19. The Bertz CT molecular complexity index is 1630. The maximum atomic E-state index is 11.2. The zero-order valence-corrected chi connectivity index (χ0v) is 39.1. The number of hydrogen-bond acceptors (Lipinski definition) is 32. The molecule has 12 bridgehead atoms. The molecule has 33 heteroatoms. The van der Waals surface area contributed by atoms with E-state index in [4.69, 9.17) is 61.9 Å². The van der Waals surface area contributed by atoms with Crippen LogP contribution >= 0.6 is 0 Å². The minimum absolute atomic E-state index is 0.220. The molecule has 22 fully saturated rings. The fraction of sp³-hybridized carbons (Fsp3) is 0.857. The Morgan fingerprint density at radius 3 is 0.680 bits per heavy atom. The molecule has 19 N–H and O–H groups in total. The number of carboxylic acid groups (broad SMARTS) is 1. The Balaban J connectivity index is 0.000000824. The minimum Gasteiger partial charge on any atom is -0.478 e. The van der Waals surface area contributed by atoms with Gasteiger partial charge in [0.25, 0.3) is 0 Å². The summed E-state index contributed by atoms with van der Waals surface area (Å²) in [5, 5.41) is 204. The standard InChI is InChI=1S/C36H60O30.C6H5NO2/c37-1-7-25-13(43)19(49)31(55-7)62-26-8(2-38)57-33(21(51)15(26)45)64-28-10(4-40)59-35(23(53)17(28)47)66-30-12(6-42)60-36(24(54)18(30)48)65-29-11(5-41)58-34(22(52)16(29)46)63-27-9(3-39)56-32(61-25)20(50)14(27)44;8-6(9)5-2-1-3-7-4-5/h7-54H,1-6H2;1-4H,(H,8,9)/t7-,8-,9-,10-,11-,12-,13-,14-,15-,16-,17-,18-,19-,20-,21-,22-,23-,24-,25-,26-,27-,28-,29-,30-,31-,32-,33-,34-,35-,36-;/m1./s1. The zero-order chi connectivity index (χ0) is 54.7. The summed E-state index contributed by atoms with van der Waals surface area (Å²) in [5.41, 5.74) is 0.220. The van der Waals surface area contributed by atoms with E-state index in [9.17, 15) is 96.7 Å². The Hall–Kier alpha value is -2.58. The monoisotopic (exact) mass is 1100 g/mol. The zero-order valence-electron chi connectivity index (χ0n) is 39.1. The van der Waals surface area contributed by atoms with Crippen LogP contribution in [0.3, 0.4) is 0 Å². The van der Waals surface area contributed by atoms with Crippen molar-refractivity contribution >= 4 is 5.97 Å². The first kappa shape index (κ1) is 60.1. The van der Waals surface area contributed by atoms with Gasteiger partial charge in [-0.3, -0.25) is 4.98 Å². The summed E-state index contributed by atoms with van der Waals surface area (Å²) in [5.74, 6) is -0.942. The molecule has 0 aromatic carbocycles. The van der Waals surface area contributed by atoms with E-state index < -0.39 is 230 Å². The van der Waals surface area contributed by atoms with E-state index >= 15 is 0 Å². The predicted molar refractivity (Wildman–Crippen MR) is 227 cm³/mol. The van der Waals surface area contributed by atoms with E-state index in [1.807, 2.05) is 0 Å². The molecule has 0 saturated carbocycles. The van der Waals surface area contributed by atoms with Crippen LogP contribution < -0.4 is 0 Å². The number of aromatic nitrogens is 1. The largest absolute Gasteiger partial charge is 0.478 e. The summed E-state index contributed by atoms with van der Waals surface area (Å²) in [7, 11) is 0. The summed E-state index contributed by atoms with van der Waals surface area (Å²) in [6, 6.07) is 3.08. The van der Waals surface area contributed by atoms with Crippen molar-refractivity contribution in [2.75, 3.05) is 39.6 Å². The molecule has 430 valence electrons. The van der Waals surface area contributed by atoms with Gasteiger partial charge in [-0.05, 0) is 12.1 Å². The van der Waals surface area contributed by atoms with E-state index in [2.05, 4.69) is 4.98 Å². The van der Waals surface area contributed by atoms with Crippen molar-refractivity contribution in [3.63, 3.8) is 0 Å². The van der Waals surface area contributed by atoms with Gasteiger partial charge in [0, 0.05) is 12.4 Å². The maximum absolute atomic E-state index is 11.2. The molecule has 0 amide bonds. The Morgan fingerprint density at radius 2 is 0.547 bits per heavy atom. The molecular formula is C42H65NO32. The summed E-state index contributed by atoms with van der Waals surface area (Å²) < 4.78 is 67.9. The summed E-state index contributed by atoms with van der Waals surface area (Å²) in [4.78, 5) is 13.8. The molecular weight excluding hydrogens is 1030 g/mol. The van der Waals surface area contributed by atoms with Gasteiger partial charge in [0.1, 0.15) is 146 Å². The second-order valence-electron chi connectivity index (χ2n) is 18.4. The maximum Gasteiger partial charge on any atom is 0.337 e. The molecule has 22 saturated heterocycles. The van der Waals surface area contributed by atoms with Crippen molar-refractivity contribution in [2.45, 2.75) is 184 Å². The van der Waals surface area contributed by atoms with Crippen molar-refractivity contribution in [1.29, 1.82) is 0 Å². The van der Waals surface area contributed by atoms with Crippen LogP contribution in [-0.4, -0.2) is 332 Å². The smallest absolute Gasteiger partial charge is 0.337 e. The molecule has 33 nitrogen and oxygen atoms in total. The normalized spacial score (nSPS) is 49.8. The second-order valence-corrected chi connectivity index (χ2v) is 18.4. The van der Waals surface area contributed by atoms with Gasteiger partial charge in [0.15, 0.2) is 37.7 Å². The van der Waals surface area contributed by atoms with Gasteiger partial charge in [0.2, 0.25) is 0 Å². The van der Waals surface area contributed by atoms with Crippen molar-refractivity contribution in [3.8, 4) is 0 Å². The third-order valence-corrected chi connectivity index (χ3v) is 13.6. The predicted octanol–water partition coefficient (Wildman–Crippen LogP) is -12.3. The number of rotatable bonds is 7. The van der Waals surface area contributed by atoms with Crippen molar-refractivity contribution in [1.82, 2.24) is 4.98 Å². The lowest BCUT2D eigenvalue weighted by Gasteiger charge is -2.50. The number of aliphatic hydroxyl groups is 18. The highest BCUT2D eigenvalue weighted by atomic mass is 16.8. The Kier molecular flexibility index (Phi) is 20.9. The van der Waals surface area contributed by atoms with E-state index in [-0.39, 0.29) is 5.56 Å². The topological polar surface area (TPSA) is 525 Å². The number of carboxylic acids is 1. The van der Waals surface area contributed by atoms with Crippen LogP contribution in [0, 0.1) is 0 Å². The molecule has 30 atom stereocenters. The second kappa shape index (κ2) is 26.1. The lowest BCUT2D eigenvalue weighted by molar-refractivity contribution is -0.404. The van der Waals surface area contributed by atoms with Gasteiger partial charge in [-0.2, -0.15) is 0 Å². The van der Waals surface area contributed by atoms with E-state index in [0.29, 0.717) is 0 Å². The molecule has 1 aromatic heterocycles. The van der Waals surface area contributed by atoms with E-state index in [0.717, 1.165) is 0 Å². The Labute approximate surface area is 423 Å². The number of aromatic carboxylic acids is 1. The fourth-order valence-electron chi connectivity index (χ4n) is 9.42. The Morgan fingerprint density at radius 1 is 0.347 bits per heavy atom. The molecule has 0 aliphatic carbocycles. The summed E-state index contributed by atoms with van der Waals surface area (Å²) in [6.45, 7) is -5.99. The van der Waals surface area contributed by atoms with Crippen LogP contribution in [0.25, 0.3) is 0 Å². The average Bonchev–Trinajstić information content (AvgIpc) is 3.41. The van der Waals surface area contributed by atoms with Crippen LogP contribution in [-0.2, 0) is 56.8 Å². The first-order chi connectivity index (χ1) is 35.7. The van der Waals surface area contributed by atoms with Gasteiger partial charge in [-0.15, -0.1) is 0 Å². The van der Waals surface area contributed by atoms with Crippen LogP contribution in [0.5, 0.6) is 0 Å². The number of pyridine rings is 1. The van der Waals surface area contributed by atoms with Crippen molar-refractivity contribution in [2.24, 2.45) is 0 Å². The van der Waals surface area contributed by atoms with Crippen molar-refractivity contribution in [3.05, 3.63) is 30.1 Å². The van der Waals surface area contributed by atoms with E-state index in [1.54, 1.807) is 6.07 Å². The molecule has 22 aliphatic rings. The third-order valence-electron chi connectivity index (χ3n) is 13.6. The molecule has 0 spiro atoms. The van der Waals surface area contributed by atoms with E-state index in [1.165, 1.54) is 18.5 Å². The molecule has 23 heterocycles. The first-order valence-electron chi connectivity index (χ1n) is 23.5. The van der Waals surface area contributed by atoms with Crippen LogP contribution in [0.4, 0.5) is 0 Å². The average molecular weight is 1100 g/mol. The highest BCUT2D eigenvalue weighted by Gasteiger charge is 2.58. The first-order valence-corrected chi connectivity index (χ1v) is 23.5. The van der Waals surface area contributed by atoms with Gasteiger partial charge in [0.05, 0.1) is 45.2 Å². The molecule has 23 rings (SSSR count). The molecule has 0 radical (unpaired) electrons. The van der Waals surface area contributed by atoms with Gasteiger partial charge < -0.3 is 154 Å². The third kappa shape index (κ3) is 12.6. The molecule has 22 aliphatic heterocycles. The fourth-order valence-corrected chi connectivity index (χ4v) is 9.42.